The molecule has 0 spiro atoms. The molecule has 35 heavy (non-hydrogen) atoms. The van der Waals surface area contributed by atoms with Gasteiger partial charge in [0.2, 0.25) is 5.91 Å². The first-order chi connectivity index (χ1) is 16.6. The van der Waals surface area contributed by atoms with Crippen LogP contribution in [0, 0.1) is 16.7 Å². The number of hydrogen-bond donors (Lipinski definition) is 3. The summed E-state index contributed by atoms with van der Waals surface area (Å²) in [5.74, 6) is 1.25. The minimum absolute atomic E-state index is 0.0159. The summed E-state index contributed by atoms with van der Waals surface area (Å²) >= 11 is 0. The van der Waals surface area contributed by atoms with Crippen LogP contribution in [0.25, 0.3) is 0 Å². The van der Waals surface area contributed by atoms with Crippen LogP contribution in [0.15, 0.2) is 48.7 Å². The number of aromatic nitrogens is 1. The van der Waals surface area contributed by atoms with Crippen LogP contribution in [0.2, 0.25) is 0 Å². The Labute approximate surface area is 209 Å². The van der Waals surface area contributed by atoms with E-state index in [0.29, 0.717) is 18.9 Å². The van der Waals surface area contributed by atoms with Crippen molar-refractivity contribution in [3.05, 3.63) is 59.9 Å². The molecule has 0 unspecified atom stereocenters. The molecule has 2 fully saturated rings. The molecule has 3 N–H and O–H groups in total. The summed E-state index contributed by atoms with van der Waals surface area (Å²) in [6.07, 6.45) is 6.68. The molecule has 6 heteroatoms. The number of aliphatic hydroxyl groups is 1. The fraction of sp³-hybridized carbons (Fsp3) is 0.586. The number of carbonyl (C=O) groups is 1. The minimum atomic E-state index is -0.641. The first kappa shape index (κ1) is 25.6. The molecule has 1 amide bonds. The Morgan fingerprint density at radius 2 is 1.86 bits per heavy atom. The third-order valence-corrected chi connectivity index (χ3v) is 8.56. The van der Waals surface area contributed by atoms with Gasteiger partial charge in [-0.2, -0.15) is 0 Å². The molecule has 1 aromatic heterocycles. The lowest BCUT2D eigenvalue weighted by Crippen LogP contribution is -2.51. The van der Waals surface area contributed by atoms with Gasteiger partial charge >= 0.3 is 0 Å². The molecule has 2 aliphatic rings. The Morgan fingerprint density at radius 3 is 2.54 bits per heavy atom. The van der Waals surface area contributed by atoms with Crippen molar-refractivity contribution in [3.8, 4) is 5.75 Å². The third kappa shape index (κ3) is 5.87. The van der Waals surface area contributed by atoms with Gasteiger partial charge in [0.15, 0.2) is 0 Å². The van der Waals surface area contributed by atoms with Crippen molar-refractivity contribution in [2.75, 3.05) is 7.11 Å². The SMILES string of the molecule is COc1ccc(CNC(=O)CC[C@]23CC[C@](C)(O)C[C@H]2C(C)(C)C[C@@H]3NCc2ccccn2)cc1. The van der Waals surface area contributed by atoms with Crippen molar-refractivity contribution >= 4 is 5.91 Å². The number of methoxy groups -OCH3 is 1. The highest BCUT2D eigenvalue weighted by atomic mass is 16.5. The maximum absolute atomic E-state index is 12.9. The van der Waals surface area contributed by atoms with E-state index in [0.717, 1.165) is 55.7 Å². The Balaban J connectivity index is 1.45. The summed E-state index contributed by atoms with van der Waals surface area (Å²) in [6, 6.07) is 14.1. The number of amides is 1. The van der Waals surface area contributed by atoms with Gasteiger partial charge in [-0.05, 0) is 85.6 Å². The molecule has 2 aliphatic carbocycles. The van der Waals surface area contributed by atoms with E-state index in [9.17, 15) is 9.90 Å². The minimum Gasteiger partial charge on any atom is -0.497 e. The van der Waals surface area contributed by atoms with Crippen molar-refractivity contribution in [2.45, 2.75) is 84.0 Å². The van der Waals surface area contributed by atoms with Crippen molar-refractivity contribution in [2.24, 2.45) is 16.7 Å². The van der Waals surface area contributed by atoms with Gasteiger partial charge in [0.1, 0.15) is 5.75 Å². The van der Waals surface area contributed by atoms with Crippen LogP contribution < -0.4 is 15.4 Å². The van der Waals surface area contributed by atoms with Crippen LogP contribution in [-0.2, 0) is 17.9 Å². The highest BCUT2D eigenvalue weighted by Crippen LogP contribution is 2.63. The average Bonchev–Trinajstić information content (AvgIpc) is 3.06. The average molecular weight is 480 g/mol. The summed E-state index contributed by atoms with van der Waals surface area (Å²) in [5, 5.41) is 17.9. The van der Waals surface area contributed by atoms with Crippen molar-refractivity contribution in [1.82, 2.24) is 15.6 Å². The predicted octanol–water partition coefficient (Wildman–Crippen LogP) is 4.61. The molecule has 0 radical (unpaired) electrons. The second-order valence-electron chi connectivity index (χ2n) is 11.6. The van der Waals surface area contributed by atoms with Gasteiger partial charge in [-0.1, -0.05) is 32.0 Å². The van der Waals surface area contributed by atoms with E-state index in [2.05, 4.69) is 35.5 Å². The Morgan fingerprint density at radius 1 is 1.09 bits per heavy atom. The van der Waals surface area contributed by atoms with Gasteiger partial charge < -0.3 is 20.5 Å². The summed E-state index contributed by atoms with van der Waals surface area (Å²) in [5.41, 5.74) is 1.52. The lowest BCUT2D eigenvalue weighted by atomic mass is 9.57. The normalized spacial score (nSPS) is 29.4. The molecule has 0 bridgehead atoms. The summed E-state index contributed by atoms with van der Waals surface area (Å²) in [6.45, 7) is 7.88. The van der Waals surface area contributed by atoms with Crippen LogP contribution in [0.3, 0.4) is 0 Å². The molecule has 4 rings (SSSR count). The highest BCUT2D eigenvalue weighted by Gasteiger charge is 2.61. The van der Waals surface area contributed by atoms with Crippen LogP contribution in [0.5, 0.6) is 5.75 Å². The zero-order valence-electron chi connectivity index (χ0n) is 21.6. The topological polar surface area (TPSA) is 83.5 Å². The van der Waals surface area contributed by atoms with Crippen LogP contribution in [-0.4, -0.2) is 34.8 Å². The largest absolute Gasteiger partial charge is 0.497 e. The van der Waals surface area contributed by atoms with Crippen molar-refractivity contribution < 1.29 is 14.6 Å². The smallest absolute Gasteiger partial charge is 0.220 e. The molecule has 190 valence electrons. The van der Waals surface area contributed by atoms with Gasteiger partial charge in [0.05, 0.1) is 18.4 Å². The number of ether oxygens (including phenoxy) is 1. The number of nitrogens with one attached hydrogen (secondary N) is 2. The van der Waals surface area contributed by atoms with Gasteiger partial charge in [-0.3, -0.25) is 9.78 Å². The summed E-state index contributed by atoms with van der Waals surface area (Å²) in [4.78, 5) is 17.4. The number of pyridine rings is 1. The third-order valence-electron chi connectivity index (χ3n) is 8.56. The second kappa shape index (κ2) is 10.3. The second-order valence-corrected chi connectivity index (χ2v) is 11.6. The Bertz CT molecular complexity index is 990. The van der Waals surface area contributed by atoms with E-state index in [-0.39, 0.29) is 22.8 Å². The molecule has 6 nitrogen and oxygen atoms in total. The van der Waals surface area contributed by atoms with Crippen LogP contribution in [0.1, 0.15) is 70.6 Å². The van der Waals surface area contributed by atoms with E-state index in [1.54, 1.807) is 7.11 Å². The lowest BCUT2D eigenvalue weighted by Gasteiger charge is -2.51. The van der Waals surface area contributed by atoms with Crippen molar-refractivity contribution in [3.63, 3.8) is 0 Å². The van der Waals surface area contributed by atoms with Crippen LogP contribution in [0.4, 0.5) is 0 Å². The fourth-order valence-electron chi connectivity index (χ4n) is 6.62. The molecule has 2 saturated carbocycles. The van der Waals surface area contributed by atoms with E-state index >= 15 is 0 Å². The number of fused-ring (bicyclic) bond motifs is 1. The predicted molar refractivity (Wildman–Crippen MR) is 138 cm³/mol. The number of nitrogens with zero attached hydrogens (tertiary/aromatic N) is 1. The lowest BCUT2D eigenvalue weighted by molar-refractivity contribution is -0.123. The number of rotatable bonds is 9. The molecular formula is C29H41N3O3. The van der Waals surface area contributed by atoms with E-state index in [1.807, 2.05) is 49.5 Å². The number of hydrogen-bond acceptors (Lipinski definition) is 5. The maximum atomic E-state index is 12.9. The molecular weight excluding hydrogens is 438 g/mol. The standard InChI is InChI=1S/C29H41N3O3/c1-27(2)18-25(31-20-22-7-5-6-16-30-22)29(15-14-28(3,34)17-24(27)29)13-12-26(33)32-19-21-8-10-23(35-4)11-9-21/h5-11,16,24-25,31,34H,12-15,17-20H2,1-4H3,(H,32,33)/t24-,25-,28-,29-/m0/s1. The molecule has 1 heterocycles. The zero-order valence-corrected chi connectivity index (χ0v) is 21.6. The Hall–Kier alpha value is -2.44. The maximum Gasteiger partial charge on any atom is 0.220 e. The van der Waals surface area contributed by atoms with E-state index in [4.69, 9.17) is 4.74 Å². The van der Waals surface area contributed by atoms with Gasteiger partial charge in [-0.25, -0.2) is 0 Å². The highest BCUT2D eigenvalue weighted by molar-refractivity contribution is 5.76. The monoisotopic (exact) mass is 479 g/mol. The Kier molecular flexibility index (Phi) is 7.53. The van der Waals surface area contributed by atoms with Gasteiger partial charge in [0, 0.05) is 31.7 Å². The number of carbonyl (C=O) groups excluding carboxylic acids is 1. The first-order valence-electron chi connectivity index (χ1n) is 12.9. The van der Waals surface area contributed by atoms with E-state index in [1.165, 1.54) is 0 Å². The van der Waals surface area contributed by atoms with Gasteiger partial charge in [0.25, 0.3) is 0 Å². The summed E-state index contributed by atoms with van der Waals surface area (Å²) in [7, 11) is 1.65. The molecule has 0 aliphatic heterocycles. The fourth-order valence-corrected chi connectivity index (χ4v) is 6.62. The summed E-state index contributed by atoms with van der Waals surface area (Å²) < 4.78 is 5.21. The quantitative estimate of drug-likeness (QED) is 0.489. The van der Waals surface area contributed by atoms with Gasteiger partial charge in [-0.15, -0.1) is 0 Å². The molecule has 2 aromatic rings. The molecule has 4 atom stereocenters. The molecule has 0 saturated heterocycles. The molecule has 1 aromatic carbocycles. The number of benzene rings is 1. The van der Waals surface area contributed by atoms with E-state index < -0.39 is 5.60 Å². The van der Waals surface area contributed by atoms with Crippen LogP contribution >= 0.6 is 0 Å². The first-order valence-corrected chi connectivity index (χ1v) is 12.9. The zero-order chi connectivity index (χ0) is 25.1. The van der Waals surface area contributed by atoms with Crippen molar-refractivity contribution in [1.29, 1.82) is 0 Å².